The minimum Gasteiger partial charge on any atom is -0.481 e. The largest absolute Gasteiger partial charge is 0.481 e. The molecule has 2 aromatic rings. The second kappa shape index (κ2) is 6.83. The molecule has 0 amide bonds. The highest BCUT2D eigenvalue weighted by Crippen LogP contribution is 2.31. The van der Waals surface area contributed by atoms with Crippen LogP contribution in [0.25, 0.3) is 11.3 Å². The number of carbonyl (C=O) groups is 1. The predicted octanol–water partition coefficient (Wildman–Crippen LogP) is 2.18. The molecule has 0 aliphatic heterocycles. The summed E-state index contributed by atoms with van der Waals surface area (Å²) in [5.41, 5.74) is 3.05. The van der Waals surface area contributed by atoms with E-state index in [1.807, 2.05) is 12.1 Å². The SMILES string of the molecule is O=C(O)Cc1cncc(-c2ccc(C3CCC(O)CC3)nn2)c1. The summed E-state index contributed by atoms with van der Waals surface area (Å²) in [5, 5.41) is 27.0. The van der Waals surface area contributed by atoms with Gasteiger partial charge in [-0.3, -0.25) is 9.78 Å². The molecule has 2 N–H and O–H groups in total. The van der Waals surface area contributed by atoms with Gasteiger partial charge in [0.1, 0.15) is 0 Å². The molecular formula is C17H19N3O3. The molecule has 2 heterocycles. The number of hydrogen-bond donors (Lipinski definition) is 2. The van der Waals surface area contributed by atoms with Crippen molar-refractivity contribution in [1.82, 2.24) is 15.2 Å². The monoisotopic (exact) mass is 313 g/mol. The van der Waals surface area contributed by atoms with Gasteiger partial charge >= 0.3 is 5.97 Å². The van der Waals surface area contributed by atoms with Crippen molar-refractivity contribution in [2.45, 2.75) is 44.1 Å². The molecule has 0 spiro atoms. The fourth-order valence-corrected chi connectivity index (χ4v) is 2.98. The third-order valence-corrected chi connectivity index (χ3v) is 4.25. The summed E-state index contributed by atoms with van der Waals surface area (Å²) in [4.78, 5) is 14.9. The molecule has 6 heteroatoms. The van der Waals surface area contributed by atoms with Gasteiger partial charge in [0.05, 0.1) is 23.9 Å². The van der Waals surface area contributed by atoms with E-state index < -0.39 is 5.97 Å². The van der Waals surface area contributed by atoms with Crippen molar-refractivity contribution in [3.63, 3.8) is 0 Å². The number of aliphatic carboxylic acids is 1. The molecule has 23 heavy (non-hydrogen) atoms. The molecule has 0 bridgehead atoms. The Morgan fingerprint density at radius 3 is 2.57 bits per heavy atom. The Kier molecular flexibility index (Phi) is 4.62. The number of hydrogen-bond acceptors (Lipinski definition) is 5. The van der Waals surface area contributed by atoms with Gasteiger partial charge in [0, 0.05) is 23.9 Å². The lowest BCUT2D eigenvalue weighted by Crippen LogP contribution is -2.17. The maximum absolute atomic E-state index is 10.8. The molecule has 0 unspecified atom stereocenters. The first-order valence-corrected chi connectivity index (χ1v) is 7.79. The first-order valence-electron chi connectivity index (χ1n) is 7.79. The zero-order chi connectivity index (χ0) is 16.2. The number of carboxylic acids is 1. The Labute approximate surface area is 134 Å². The Bertz CT molecular complexity index is 680. The van der Waals surface area contributed by atoms with Gasteiger partial charge in [0.25, 0.3) is 0 Å². The van der Waals surface area contributed by atoms with Crippen LogP contribution in [0.2, 0.25) is 0 Å². The average Bonchev–Trinajstić information content (AvgIpc) is 2.55. The van der Waals surface area contributed by atoms with Crippen LogP contribution in [-0.2, 0) is 11.2 Å². The number of aliphatic hydroxyl groups is 1. The number of carboxylic acid groups (broad SMARTS) is 1. The highest BCUT2D eigenvalue weighted by molar-refractivity contribution is 5.71. The summed E-state index contributed by atoms with van der Waals surface area (Å²) >= 11 is 0. The highest BCUT2D eigenvalue weighted by atomic mass is 16.4. The van der Waals surface area contributed by atoms with E-state index in [0.717, 1.165) is 36.9 Å². The Balaban J connectivity index is 1.75. The standard InChI is InChI=1S/C17H19N3O3/c21-14-3-1-12(2-4-14)15-5-6-16(20-19-15)13-7-11(8-17(22)23)9-18-10-13/h5-7,9-10,12,14,21H,1-4,8H2,(H,22,23). The molecular weight excluding hydrogens is 294 g/mol. The van der Waals surface area contributed by atoms with Crippen molar-refractivity contribution in [3.05, 3.63) is 41.9 Å². The van der Waals surface area contributed by atoms with Crippen molar-refractivity contribution in [2.75, 3.05) is 0 Å². The van der Waals surface area contributed by atoms with Crippen molar-refractivity contribution < 1.29 is 15.0 Å². The number of rotatable bonds is 4. The average molecular weight is 313 g/mol. The van der Waals surface area contributed by atoms with Gasteiger partial charge in [-0.2, -0.15) is 10.2 Å². The zero-order valence-corrected chi connectivity index (χ0v) is 12.7. The third kappa shape index (κ3) is 3.90. The Hall–Kier alpha value is -2.34. The summed E-state index contributed by atoms with van der Waals surface area (Å²) in [5.74, 6) is -0.527. The number of aliphatic hydroxyl groups excluding tert-OH is 1. The summed E-state index contributed by atoms with van der Waals surface area (Å²) in [6.07, 6.45) is 6.47. The van der Waals surface area contributed by atoms with E-state index in [-0.39, 0.29) is 12.5 Å². The van der Waals surface area contributed by atoms with Gasteiger partial charge in [-0.25, -0.2) is 0 Å². The predicted molar refractivity (Wildman–Crippen MR) is 83.8 cm³/mol. The minimum atomic E-state index is -0.884. The smallest absolute Gasteiger partial charge is 0.307 e. The molecule has 3 rings (SSSR count). The lowest BCUT2D eigenvalue weighted by atomic mass is 9.85. The van der Waals surface area contributed by atoms with Crippen molar-refractivity contribution in [3.8, 4) is 11.3 Å². The van der Waals surface area contributed by atoms with E-state index in [1.54, 1.807) is 18.5 Å². The lowest BCUT2D eigenvalue weighted by molar-refractivity contribution is -0.136. The van der Waals surface area contributed by atoms with Gasteiger partial charge in [-0.05, 0) is 49.4 Å². The summed E-state index contributed by atoms with van der Waals surface area (Å²) in [6.45, 7) is 0. The first-order chi connectivity index (χ1) is 11.1. The van der Waals surface area contributed by atoms with Crippen LogP contribution in [0.15, 0.2) is 30.6 Å². The van der Waals surface area contributed by atoms with Crippen LogP contribution in [0.1, 0.15) is 42.9 Å². The van der Waals surface area contributed by atoms with E-state index in [4.69, 9.17) is 5.11 Å². The van der Waals surface area contributed by atoms with Gasteiger partial charge in [0.15, 0.2) is 0 Å². The van der Waals surface area contributed by atoms with E-state index in [9.17, 15) is 9.90 Å². The Morgan fingerprint density at radius 2 is 1.91 bits per heavy atom. The van der Waals surface area contributed by atoms with E-state index in [2.05, 4.69) is 15.2 Å². The molecule has 0 aromatic carbocycles. The normalized spacial score (nSPS) is 21.1. The van der Waals surface area contributed by atoms with Crippen LogP contribution in [-0.4, -0.2) is 37.5 Å². The van der Waals surface area contributed by atoms with Gasteiger partial charge in [-0.1, -0.05) is 0 Å². The molecule has 0 atom stereocenters. The fourth-order valence-electron chi connectivity index (χ4n) is 2.98. The maximum Gasteiger partial charge on any atom is 0.307 e. The van der Waals surface area contributed by atoms with Crippen LogP contribution >= 0.6 is 0 Å². The topological polar surface area (TPSA) is 96.2 Å². The number of pyridine rings is 1. The van der Waals surface area contributed by atoms with Crippen LogP contribution in [0.4, 0.5) is 0 Å². The first kappa shape index (κ1) is 15.6. The third-order valence-electron chi connectivity index (χ3n) is 4.25. The van der Waals surface area contributed by atoms with Crippen molar-refractivity contribution >= 4 is 5.97 Å². The van der Waals surface area contributed by atoms with Crippen molar-refractivity contribution in [2.24, 2.45) is 0 Å². The van der Waals surface area contributed by atoms with Crippen LogP contribution < -0.4 is 0 Å². The molecule has 0 saturated heterocycles. The van der Waals surface area contributed by atoms with Crippen LogP contribution in [0, 0.1) is 0 Å². The second-order valence-corrected chi connectivity index (χ2v) is 6.00. The molecule has 6 nitrogen and oxygen atoms in total. The Morgan fingerprint density at radius 1 is 1.13 bits per heavy atom. The quantitative estimate of drug-likeness (QED) is 0.898. The molecule has 1 saturated carbocycles. The van der Waals surface area contributed by atoms with Gasteiger partial charge in [-0.15, -0.1) is 0 Å². The van der Waals surface area contributed by atoms with E-state index >= 15 is 0 Å². The zero-order valence-electron chi connectivity index (χ0n) is 12.7. The number of nitrogens with zero attached hydrogens (tertiary/aromatic N) is 3. The summed E-state index contributed by atoms with van der Waals surface area (Å²) in [7, 11) is 0. The van der Waals surface area contributed by atoms with E-state index in [1.165, 1.54) is 0 Å². The highest BCUT2D eigenvalue weighted by Gasteiger charge is 2.22. The lowest BCUT2D eigenvalue weighted by Gasteiger charge is -2.24. The second-order valence-electron chi connectivity index (χ2n) is 6.00. The van der Waals surface area contributed by atoms with Crippen LogP contribution in [0.3, 0.4) is 0 Å². The summed E-state index contributed by atoms with van der Waals surface area (Å²) < 4.78 is 0. The molecule has 0 radical (unpaired) electrons. The summed E-state index contributed by atoms with van der Waals surface area (Å²) in [6, 6.07) is 5.64. The molecule has 1 aliphatic carbocycles. The minimum absolute atomic E-state index is 0.0588. The molecule has 120 valence electrons. The van der Waals surface area contributed by atoms with Crippen LogP contribution in [0.5, 0.6) is 0 Å². The van der Waals surface area contributed by atoms with Gasteiger partial charge in [0.2, 0.25) is 0 Å². The maximum atomic E-state index is 10.8. The van der Waals surface area contributed by atoms with E-state index in [0.29, 0.717) is 17.2 Å². The fraction of sp³-hybridized carbons (Fsp3) is 0.412. The molecule has 1 aliphatic rings. The van der Waals surface area contributed by atoms with Crippen molar-refractivity contribution in [1.29, 1.82) is 0 Å². The number of aromatic nitrogens is 3. The van der Waals surface area contributed by atoms with Gasteiger partial charge < -0.3 is 10.2 Å². The molecule has 2 aromatic heterocycles. The molecule has 1 fully saturated rings.